The van der Waals surface area contributed by atoms with Gasteiger partial charge in [0.15, 0.2) is 0 Å². The highest BCUT2D eigenvalue weighted by molar-refractivity contribution is 14.1. The molecular formula is C19H13I2N2S2+. The van der Waals surface area contributed by atoms with Gasteiger partial charge in [-0.2, -0.15) is 0 Å². The van der Waals surface area contributed by atoms with Crippen LogP contribution >= 0.6 is 68.8 Å². The smallest absolute Gasteiger partial charge is 0.276 e. The predicted octanol–water partition coefficient (Wildman–Crippen LogP) is 6.76. The third-order valence-electron chi connectivity index (χ3n) is 3.67. The number of fused-ring (bicyclic) bond motifs is 2. The first-order valence-corrected chi connectivity index (χ1v) is 11.2. The van der Waals surface area contributed by atoms with Crippen molar-refractivity contribution in [2.45, 2.75) is 4.90 Å². The Kier molecular flexibility index (Phi) is 5.49. The molecule has 0 fully saturated rings. The first kappa shape index (κ1) is 17.6. The molecule has 1 aliphatic rings. The van der Waals surface area contributed by atoms with E-state index in [4.69, 9.17) is 0 Å². The zero-order chi connectivity index (χ0) is 17.2. The Bertz CT molecular complexity index is 1020. The van der Waals surface area contributed by atoms with Crippen molar-refractivity contribution in [2.75, 3.05) is 3.11 Å². The van der Waals surface area contributed by atoms with Gasteiger partial charge < -0.3 is 0 Å². The molecule has 0 spiro atoms. The number of halogens is 2. The van der Waals surface area contributed by atoms with Crippen molar-refractivity contribution >= 4 is 90.8 Å². The van der Waals surface area contributed by atoms with E-state index in [1.807, 2.05) is 0 Å². The zero-order valence-corrected chi connectivity index (χ0v) is 18.9. The number of allylic oxidation sites excluding steroid dienone is 4. The van der Waals surface area contributed by atoms with Crippen LogP contribution in [0.25, 0.3) is 16.3 Å². The first-order chi connectivity index (χ1) is 12.2. The van der Waals surface area contributed by atoms with Crippen molar-refractivity contribution < 1.29 is 2.78 Å². The molecule has 0 atom stereocenters. The number of thioether (sulfide) groups is 1. The number of thiazole rings is 1. The molecule has 0 aliphatic carbocycles. The van der Waals surface area contributed by atoms with Crippen molar-refractivity contribution in [2.24, 2.45) is 0 Å². The lowest BCUT2D eigenvalue weighted by atomic mass is 10.3. The lowest BCUT2D eigenvalue weighted by Crippen LogP contribution is -2.19. The van der Waals surface area contributed by atoms with Crippen LogP contribution in [0.2, 0.25) is 0 Å². The van der Waals surface area contributed by atoms with Gasteiger partial charge in [0.1, 0.15) is 4.70 Å². The number of rotatable bonds is 3. The highest BCUT2D eigenvalue weighted by atomic mass is 127. The van der Waals surface area contributed by atoms with Gasteiger partial charge in [0.05, 0.1) is 33.6 Å². The average molecular weight is 587 g/mol. The Morgan fingerprint density at radius 2 is 1.76 bits per heavy atom. The van der Waals surface area contributed by atoms with Gasteiger partial charge in [-0.1, -0.05) is 65.6 Å². The van der Waals surface area contributed by atoms with E-state index >= 15 is 0 Å². The monoisotopic (exact) mass is 587 g/mol. The van der Waals surface area contributed by atoms with Crippen molar-refractivity contribution in [3.63, 3.8) is 0 Å². The molecule has 25 heavy (non-hydrogen) atoms. The molecule has 0 saturated carbocycles. The summed E-state index contributed by atoms with van der Waals surface area (Å²) in [6.07, 6.45) is 10.6. The van der Waals surface area contributed by atoms with Crippen LogP contribution in [-0.4, -0.2) is 0 Å². The number of para-hydroxylation sites is 2. The van der Waals surface area contributed by atoms with Crippen LogP contribution in [0.3, 0.4) is 0 Å². The molecule has 124 valence electrons. The molecule has 2 heterocycles. The molecule has 1 aromatic heterocycles. The SMILES string of the molecule is IN1\C(=C/C=C/C=C/c2sc3ccccc3[n+]2I)Sc2ccccc21. The summed E-state index contributed by atoms with van der Waals surface area (Å²) < 4.78 is 5.72. The minimum atomic E-state index is 1.23. The maximum Gasteiger partial charge on any atom is 0.355 e. The Hall–Kier alpha value is -0.840. The van der Waals surface area contributed by atoms with Gasteiger partial charge in [0, 0.05) is 17.0 Å². The molecule has 6 heteroatoms. The molecule has 0 radical (unpaired) electrons. The van der Waals surface area contributed by atoms with Gasteiger partial charge >= 0.3 is 22.9 Å². The van der Waals surface area contributed by atoms with E-state index in [1.165, 1.54) is 30.8 Å². The van der Waals surface area contributed by atoms with Crippen molar-refractivity contribution in [3.05, 3.63) is 82.9 Å². The molecule has 4 rings (SSSR count). The topological polar surface area (TPSA) is 7.12 Å². The van der Waals surface area contributed by atoms with E-state index < -0.39 is 0 Å². The summed E-state index contributed by atoms with van der Waals surface area (Å²) in [4.78, 5) is 1.31. The Morgan fingerprint density at radius 3 is 2.60 bits per heavy atom. The molecule has 0 saturated heterocycles. The van der Waals surface area contributed by atoms with E-state index in [1.54, 1.807) is 23.1 Å². The quantitative estimate of drug-likeness (QED) is 0.190. The van der Waals surface area contributed by atoms with E-state index in [2.05, 4.69) is 131 Å². The Labute approximate surface area is 182 Å². The summed E-state index contributed by atoms with van der Waals surface area (Å²) >= 11 is 8.33. The number of benzene rings is 2. The standard InChI is InChI=1S/C19H13I2N2S2/c20-22-14-8-4-6-10-16(14)24-18(22)12-2-1-3-13-19-23(21)15-9-5-7-11-17(15)25-19/h1-13H/q+1. The number of aromatic nitrogens is 1. The van der Waals surface area contributed by atoms with Crippen molar-refractivity contribution in [3.8, 4) is 0 Å². The third kappa shape index (κ3) is 3.67. The van der Waals surface area contributed by atoms with E-state index in [9.17, 15) is 0 Å². The minimum Gasteiger partial charge on any atom is -0.276 e. The van der Waals surface area contributed by atoms with Gasteiger partial charge in [0.2, 0.25) is 5.52 Å². The normalized spacial score (nSPS) is 15.9. The fourth-order valence-electron chi connectivity index (χ4n) is 2.49. The van der Waals surface area contributed by atoms with Crippen LogP contribution < -0.4 is 5.89 Å². The number of nitrogens with zero attached hydrogens (tertiary/aromatic N) is 2. The fraction of sp³-hybridized carbons (Fsp3) is 0. The van der Waals surface area contributed by atoms with Crippen LogP contribution in [0.15, 0.2) is 82.8 Å². The molecule has 0 amide bonds. The van der Waals surface area contributed by atoms with Gasteiger partial charge in [0.25, 0.3) is 5.01 Å². The number of anilines is 1. The second-order valence-electron chi connectivity index (χ2n) is 5.29. The lowest BCUT2D eigenvalue weighted by Gasteiger charge is -2.08. The highest BCUT2D eigenvalue weighted by Gasteiger charge is 2.21. The average Bonchev–Trinajstić information content (AvgIpc) is 3.13. The number of hydrogen-bond donors (Lipinski definition) is 0. The van der Waals surface area contributed by atoms with Crippen LogP contribution in [0.1, 0.15) is 5.01 Å². The molecule has 0 unspecified atom stereocenters. The molecule has 2 aromatic carbocycles. The number of hydrogen-bond acceptors (Lipinski definition) is 3. The largest absolute Gasteiger partial charge is 0.355 e. The summed E-state index contributed by atoms with van der Waals surface area (Å²) in [5.74, 6) is 0. The molecule has 3 aromatic rings. The zero-order valence-electron chi connectivity index (χ0n) is 13.0. The van der Waals surface area contributed by atoms with Crippen LogP contribution in [0.4, 0.5) is 5.69 Å². The summed E-state index contributed by atoms with van der Waals surface area (Å²) in [6, 6.07) is 17.0. The second kappa shape index (κ2) is 7.81. The fourth-order valence-corrected chi connectivity index (χ4v) is 6.50. The minimum absolute atomic E-state index is 1.23. The molecular weight excluding hydrogens is 574 g/mol. The summed E-state index contributed by atoms with van der Waals surface area (Å²) in [7, 11) is 0. The van der Waals surface area contributed by atoms with E-state index in [0.717, 1.165) is 0 Å². The highest BCUT2D eigenvalue weighted by Crippen LogP contribution is 2.47. The van der Waals surface area contributed by atoms with Gasteiger partial charge in [-0.05, 0) is 24.3 Å². The van der Waals surface area contributed by atoms with Crippen molar-refractivity contribution in [1.29, 1.82) is 0 Å². The third-order valence-corrected chi connectivity index (χ3v) is 8.59. The molecule has 0 N–H and O–H groups in total. The Morgan fingerprint density at radius 1 is 0.960 bits per heavy atom. The maximum atomic E-state index is 2.36. The van der Waals surface area contributed by atoms with E-state index in [0.29, 0.717) is 0 Å². The van der Waals surface area contributed by atoms with Crippen LogP contribution in [0.5, 0.6) is 0 Å². The predicted molar refractivity (Wildman–Crippen MR) is 126 cm³/mol. The maximum absolute atomic E-state index is 2.36. The van der Waals surface area contributed by atoms with Gasteiger partial charge in [-0.15, -0.1) is 2.78 Å². The van der Waals surface area contributed by atoms with Gasteiger partial charge in [-0.3, -0.25) is 3.11 Å². The molecule has 1 aliphatic heterocycles. The van der Waals surface area contributed by atoms with Gasteiger partial charge in [-0.25, -0.2) is 0 Å². The first-order valence-electron chi connectivity index (χ1n) is 7.61. The summed E-state index contributed by atoms with van der Waals surface area (Å²) in [5, 5.41) is 2.47. The second-order valence-corrected chi connectivity index (χ2v) is 9.34. The van der Waals surface area contributed by atoms with E-state index in [-0.39, 0.29) is 0 Å². The summed E-state index contributed by atoms with van der Waals surface area (Å²) in [5.41, 5.74) is 2.53. The van der Waals surface area contributed by atoms with Crippen molar-refractivity contribution in [1.82, 2.24) is 0 Å². The Balaban J connectivity index is 1.48. The summed E-state index contributed by atoms with van der Waals surface area (Å²) in [6.45, 7) is 0. The van der Waals surface area contributed by atoms with Crippen LogP contribution in [-0.2, 0) is 0 Å². The lowest BCUT2D eigenvalue weighted by molar-refractivity contribution is -0.404. The molecule has 2 nitrogen and oxygen atoms in total. The van der Waals surface area contributed by atoms with Crippen LogP contribution in [0, 0.1) is 0 Å². The molecule has 0 bridgehead atoms.